The quantitative estimate of drug-likeness (QED) is 0.470. The highest BCUT2D eigenvalue weighted by Crippen LogP contribution is 2.26. The van der Waals surface area contributed by atoms with E-state index in [2.05, 4.69) is 5.32 Å². The predicted molar refractivity (Wildman–Crippen MR) is 102 cm³/mol. The molecule has 0 aliphatic carbocycles. The van der Waals surface area contributed by atoms with Gasteiger partial charge in [0, 0.05) is 23.9 Å². The SMILES string of the molecule is CC(NC(=O)CCCn1c(=O)oc2cc([N+](=O)[O-])ccc21)c1ccc(Cl)s1. The van der Waals surface area contributed by atoms with Gasteiger partial charge < -0.3 is 9.73 Å². The summed E-state index contributed by atoms with van der Waals surface area (Å²) in [5.74, 6) is -0.740. The van der Waals surface area contributed by atoms with Gasteiger partial charge in [-0.3, -0.25) is 19.5 Å². The molecule has 1 unspecified atom stereocenters. The molecule has 3 rings (SSSR count). The van der Waals surface area contributed by atoms with Gasteiger partial charge in [-0.15, -0.1) is 11.3 Å². The Balaban J connectivity index is 1.60. The number of hydrogen-bond acceptors (Lipinski definition) is 6. The van der Waals surface area contributed by atoms with Crippen LogP contribution in [0.3, 0.4) is 0 Å². The summed E-state index contributed by atoms with van der Waals surface area (Å²) in [5.41, 5.74) is 0.472. The smallest absolute Gasteiger partial charge is 0.407 e. The third kappa shape index (κ3) is 4.37. The maximum atomic E-state index is 12.1. The molecule has 0 saturated heterocycles. The van der Waals surface area contributed by atoms with Crippen molar-refractivity contribution in [2.45, 2.75) is 32.4 Å². The fourth-order valence-electron chi connectivity index (χ4n) is 2.72. The molecule has 0 radical (unpaired) electrons. The van der Waals surface area contributed by atoms with Crippen molar-refractivity contribution in [3.63, 3.8) is 0 Å². The summed E-state index contributed by atoms with van der Waals surface area (Å²) in [5, 5.41) is 13.7. The van der Waals surface area contributed by atoms with E-state index in [9.17, 15) is 19.7 Å². The number of carbonyl (C=O) groups excluding carboxylic acids is 1. The maximum Gasteiger partial charge on any atom is 0.419 e. The first-order valence-electron chi connectivity index (χ1n) is 8.17. The Morgan fingerprint density at radius 2 is 2.19 bits per heavy atom. The van der Waals surface area contributed by atoms with Crippen molar-refractivity contribution >= 4 is 45.6 Å². The van der Waals surface area contributed by atoms with Crippen LogP contribution in [0.4, 0.5) is 5.69 Å². The molecule has 0 aliphatic heterocycles. The molecule has 27 heavy (non-hydrogen) atoms. The fraction of sp³-hybridized carbons (Fsp3) is 0.294. The van der Waals surface area contributed by atoms with Gasteiger partial charge in [0.05, 0.1) is 26.9 Å². The van der Waals surface area contributed by atoms with Gasteiger partial charge in [-0.05, 0) is 31.5 Å². The molecule has 0 fully saturated rings. The minimum Gasteiger partial charge on any atom is -0.407 e. The molecule has 142 valence electrons. The first kappa shape index (κ1) is 19.1. The van der Waals surface area contributed by atoms with Gasteiger partial charge in [0.15, 0.2) is 5.58 Å². The van der Waals surface area contributed by atoms with Crippen molar-refractivity contribution in [3.05, 3.63) is 60.2 Å². The largest absolute Gasteiger partial charge is 0.419 e. The summed E-state index contributed by atoms with van der Waals surface area (Å²) < 4.78 is 7.10. The molecule has 0 bridgehead atoms. The summed E-state index contributed by atoms with van der Waals surface area (Å²) >= 11 is 7.31. The highest BCUT2D eigenvalue weighted by Gasteiger charge is 2.15. The van der Waals surface area contributed by atoms with Gasteiger partial charge in [0.2, 0.25) is 5.91 Å². The highest BCUT2D eigenvalue weighted by atomic mass is 35.5. The van der Waals surface area contributed by atoms with E-state index in [-0.39, 0.29) is 36.2 Å². The van der Waals surface area contributed by atoms with Crippen LogP contribution in [0.5, 0.6) is 0 Å². The van der Waals surface area contributed by atoms with E-state index in [0.29, 0.717) is 16.3 Å². The van der Waals surface area contributed by atoms with Crippen LogP contribution in [-0.2, 0) is 11.3 Å². The number of nitro benzene ring substituents is 1. The number of oxazole rings is 1. The van der Waals surface area contributed by atoms with Crippen molar-refractivity contribution in [2.75, 3.05) is 0 Å². The average molecular weight is 410 g/mol. The van der Waals surface area contributed by atoms with Gasteiger partial charge >= 0.3 is 5.76 Å². The molecule has 1 amide bonds. The van der Waals surface area contributed by atoms with Crippen LogP contribution in [0.15, 0.2) is 39.5 Å². The topological polar surface area (TPSA) is 107 Å². The first-order chi connectivity index (χ1) is 12.8. The number of rotatable bonds is 7. The van der Waals surface area contributed by atoms with Crippen molar-refractivity contribution < 1.29 is 14.1 Å². The maximum absolute atomic E-state index is 12.1. The normalized spacial score (nSPS) is 12.2. The Labute approximate surface area is 162 Å². The Morgan fingerprint density at radius 1 is 1.41 bits per heavy atom. The lowest BCUT2D eigenvalue weighted by atomic mass is 10.2. The summed E-state index contributed by atoms with van der Waals surface area (Å²) in [6.45, 7) is 2.15. The molecular formula is C17H16ClN3O5S. The number of nitrogens with zero attached hydrogens (tertiary/aromatic N) is 2. The van der Waals surface area contributed by atoms with Crippen molar-refractivity contribution in [3.8, 4) is 0 Å². The molecular weight excluding hydrogens is 394 g/mol. The number of aryl methyl sites for hydroxylation is 1. The summed E-state index contributed by atoms with van der Waals surface area (Å²) in [6.07, 6.45) is 0.658. The van der Waals surface area contributed by atoms with Crippen LogP contribution in [0.25, 0.3) is 11.1 Å². The lowest BCUT2D eigenvalue weighted by Crippen LogP contribution is -2.26. The molecule has 8 nitrogen and oxygen atoms in total. The van der Waals surface area contributed by atoms with E-state index in [0.717, 1.165) is 4.88 Å². The van der Waals surface area contributed by atoms with Gasteiger partial charge in [-0.1, -0.05) is 11.6 Å². The molecule has 1 N–H and O–H groups in total. The summed E-state index contributed by atoms with van der Waals surface area (Å²) in [6, 6.07) is 7.51. The Kier molecular flexibility index (Phi) is 5.62. The molecule has 0 spiro atoms. The molecule has 1 atom stereocenters. The Hall–Kier alpha value is -2.65. The first-order valence-corrected chi connectivity index (χ1v) is 9.37. The minimum atomic E-state index is -0.604. The van der Waals surface area contributed by atoms with E-state index in [1.54, 1.807) is 6.07 Å². The summed E-state index contributed by atoms with van der Waals surface area (Å²) in [7, 11) is 0. The van der Waals surface area contributed by atoms with Crippen molar-refractivity contribution in [2.24, 2.45) is 0 Å². The second kappa shape index (κ2) is 7.93. The number of thiophene rings is 1. The van der Waals surface area contributed by atoms with Gasteiger partial charge in [0.1, 0.15) is 0 Å². The van der Waals surface area contributed by atoms with E-state index < -0.39 is 10.7 Å². The highest BCUT2D eigenvalue weighted by molar-refractivity contribution is 7.16. The van der Waals surface area contributed by atoms with Crippen LogP contribution in [0.2, 0.25) is 4.34 Å². The van der Waals surface area contributed by atoms with Crippen LogP contribution in [-0.4, -0.2) is 15.4 Å². The number of benzene rings is 1. The Bertz CT molecular complexity index is 1050. The number of halogens is 1. The number of carbonyl (C=O) groups is 1. The van der Waals surface area contributed by atoms with Gasteiger partial charge in [-0.25, -0.2) is 4.79 Å². The molecule has 0 saturated carbocycles. The van der Waals surface area contributed by atoms with Crippen LogP contribution < -0.4 is 11.1 Å². The number of hydrogen-bond donors (Lipinski definition) is 1. The number of fused-ring (bicyclic) bond motifs is 1. The van der Waals surface area contributed by atoms with Gasteiger partial charge in [-0.2, -0.15) is 0 Å². The van der Waals surface area contributed by atoms with E-state index >= 15 is 0 Å². The molecule has 2 heterocycles. The predicted octanol–water partition coefficient (Wildman–Crippen LogP) is 3.88. The molecule has 2 aromatic heterocycles. The summed E-state index contributed by atoms with van der Waals surface area (Å²) in [4.78, 5) is 35.3. The number of nitro groups is 1. The molecule has 1 aromatic carbocycles. The van der Waals surface area contributed by atoms with Crippen LogP contribution in [0.1, 0.15) is 30.7 Å². The van der Waals surface area contributed by atoms with E-state index in [4.69, 9.17) is 16.0 Å². The average Bonchev–Trinajstić information content (AvgIpc) is 3.17. The second-order valence-electron chi connectivity index (χ2n) is 5.96. The lowest BCUT2D eigenvalue weighted by Gasteiger charge is -2.12. The third-order valence-corrected chi connectivity index (χ3v) is 5.46. The number of aromatic nitrogens is 1. The van der Waals surface area contributed by atoms with Gasteiger partial charge in [0.25, 0.3) is 5.69 Å². The van der Waals surface area contributed by atoms with Crippen molar-refractivity contribution in [1.82, 2.24) is 9.88 Å². The van der Waals surface area contributed by atoms with E-state index in [1.807, 2.05) is 13.0 Å². The number of non-ortho nitro benzene ring substituents is 1. The number of nitrogens with one attached hydrogen (secondary N) is 1. The zero-order chi connectivity index (χ0) is 19.6. The Morgan fingerprint density at radius 3 is 2.85 bits per heavy atom. The number of amides is 1. The second-order valence-corrected chi connectivity index (χ2v) is 7.71. The minimum absolute atomic E-state index is 0.136. The fourth-order valence-corrected chi connectivity index (χ4v) is 3.79. The zero-order valence-electron chi connectivity index (χ0n) is 14.3. The zero-order valence-corrected chi connectivity index (χ0v) is 15.9. The van der Waals surface area contributed by atoms with Crippen LogP contribution in [0, 0.1) is 10.1 Å². The molecule has 3 aromatic rings. The van der Waals surface area contributed by atoms with Crippen molar-refractivity contribution in [1.29, 1.82) is 0 Å². The third-order valence-electron chi connectivity index (χ3n) is 4.05. The standard InChI is InChI=1S/C17H16ClN3O5S/c1-10(14-6-7-15(18)27-14)19-16(22)3-2-8-20-12-5-4-11(21(24)25)9-13(12)26-17(20)23/h4-7,9-10H,2-3,8H2,1H3,(H,19,22). The van der Waals surface area contributed by atoms with E-state index in [1.165, 1.54) is 34.1 Å². The monoisotopic (exact) mass is 409 g/mol. The molecule has 0 aliphatic rings. The van der Waals surface area contributed by atoms with Crippen LogP contribution >= 0.6 is 22.9 Å². The lowest BCUT2D eigenvalue weighted by molar-refractivity contribution is -0.384. The molecule has 10 heteroatoms.